The maximum absolute atomic E-state index is 12.1. The molecule has 0 bridgehead atoms. The maximum atomic E-state index is 12.1. The molecule has 2 heterocycles. The van der Waals surface area contributed by atoms with Crippen LogP contribution in [0.3, 0.4) is 0 Å². The SMILES string of the molecule is CCC(C)(C)NC(=O)CN1C(=O)[C@@H]2CCCN2C1=O. The van der Waals surface area contributed by atoms with Gasteiger partial charge in [0, 0.05) is 12.1 Å². The number of urea groups is 1. The van der Waals surface area contributed by atoms with Gasteiger partial charge in [-0.3, -0.25) is 14.5 Å². The normalized spacial score (nSPS) is 23.0. The molecule has 2 aliphatic heterocycles. The minimum absolute atomic E-state index is 0.173. The van der Waals surface area contributed by atoms with Crippen molar-refractivity contribution < 1.29 is 14.4 Å². The second-order valence-corrected chi connectivity index (χ2v) is 5.84. The molecule has 0 aromatic carbocycles. The van der Waals surface area contributed by atoms with Gasteiger partial charge in [0.2, 0.25) is 5.91 Å². The average Bonchev–Trinajstić information content (AvgIpc) is 2.89. The van der Waals surface area contributed by atoms with Crippen molar-refractivity contribution in [3.05, 3.63) is 0 Å². The van der Waals surface area contributed by atoms with E-state index in [0.717, 1.165) is 17.7 Å². The van der Waals surface area contributed by atoms with E-state index >= 15 is 0 Å². The molecule has 0 unspecified atom stereocenters. The fourth-order valence-electron chi connectivity index (χ4n) is 2.48. The highest BCUT2D eigenvalue weighted by atomic mass is 16.2. The van der Waals surface area contributed by atoms with Crippen molar-refractivity contribution in [2.24, 2.45) is 0 Å². The van der Waals surface area contributed by atoms with Crippen molar-refractivity contribution in [3.8, 4) is 0 Å². The first-order valence-corrected chi connectivity index (χ1v) is 6.78. The summed E-state index contributed by atoms with van der Waals surface area (Å²) >= 11 is 0. The number of imide groups is 1. The Labute approximate surface area is 113 Å². The van der Waals surface area contributed by atoms with Gasteiger partial charge in [0.1, 0.15) is 12.6 Å². The van der Waals surface area contributed by atoms with Crippen molar-refractivity contribution in [2.75, 3.05) is 13.1 Å². The first-order valence-electron chi connectivity index (χ1n) is 6.78. The summed E-state index contributed by atoms with van der Waals surface area (Å²) in [6.07, 6.45) is 2.36. The van der Waals surface area contributed by atoms with Gasteiger partial charge in [-0.1, -0.05) is 6.92 Å². The standard InChI is InChI=1S/C13H21N3O3/c1-4-13(2,3)14-10(17)8-16-11(18)9-6-5-7-15(9)12(16)19/h9H,4-8H2,1-3H3,(H,14,17)/t9-/m0/s1. The summed E-state index contributed by atoms with van der Waals surface area (Å²) in [5.74, 6) is -0.512. The number of carbonyl (C=O) groups excluding carboxylic acids is 3. The number of hydrogen-bond donors (Lipinski definition) is 1. The van der Waals surface area contributed by atoms with Crippen molar-refractivity contribution >= 4 is 17.8 Å². The Morgan fingerprint density at radius 2 is 2.11 bits per heavy atom. The number of fused-ring (bicyclic) bond motifs is 1. The van der Waals surface area contributed by atoms with E-state index in [1.165, 1.54) is 0 Å². The molecule has 0 radical (unpaired) electrons. The molecule has 1 atom stereocenters. The van der Waals surface area contributed by atoms with Gasteiger partial charge in [-0.05, 0) is 33.1 Å². The number of carbonyl (C=O) groups is 3. The van der Waals surface area contributed by atoms with Crippen LogP contribution in [0.25, 0.3) is 0 Å². The Balaban J connectivity index is 1.98. The molecule has 19 heavy (non-hydrogen) atoms. The zero-order valence-electron chi connectivity index (χ0n) is 11.7. The number of nitrogens with one attached hydrogen (secondary N) is 1. The van der Waals surface area contributed by atoms with Crippen LogP contribution in [0.1, 0.15) is 40.0 Å². The fourth-order valence-corrected chi connectivity index (χ4v) is 2.48. The predicted molar refractivity (Wildman–Crippen MR) is 69.3 cm³/mol. The number of nitrogens with zero attached hydrogens (tertiary/aromatic N) is 2. The maximum Gasteiger partial charge on any atom is 0.327 e. The predicted octanol–water partition coefficient (Wildman–Crippen LogP) is 0.718. The van der Waals surface area contributed by atoms with Gasteiger partial charge >= 0.3 is 6.03 Å². The van der Waals surface area contributed by atoms with Crippen LogP contribution in [0.15, 0.2) is 0 Å². The van der Waals surface area contributed by atoms with Crippen molar-refractivity contribution in [2.45, 2.75) is 51.6 Å². The van der Waals surface area contributed by atoms with Gasteiger partial charge in [-0.2, -0.15) is 0 Å². The monoisotopic (exact) mass is 267 g/mol. The molecule has 6 nitrogen and oxygen atoms in total. The van der Waals surface area contributed by atoms with Crippen molar-refractivity contribution in [1.29, 1.82) is 0 Å². The molecule has 6 heteroatoms. The van der Waals surface area contributed by atoms with Crippen LogP contribution in [-0.4, -0.2) is 52.3 Å². The van der Waals surface area contributed by atoms with E-state index in [2.05, 4.69) is 5.32 Å². The molecule has 2 aliphatic rings. The number of hydrogen-bond acceptors (Lipinski definition) is 3. The van der Waals surface area contributed by atoms with E-state index in [1.54, 1.807) is 4.90 Å². The lowest BCUT2D eigenvalue weighted by Gasteiger charge is -2.25. The van der Waals surface area contributed by atoms with Crippen LogP contribution >= 0.6 is 0 Å². The third kappa shape index (κ3) is 2.57. The third-order valence-electron chi connectivity index (χ3n) is 3.94. The Hall–Kier alpha value is -1.59. The van der Waals surface area contributed by atoms with Gasteiger partial charge < -0.3 is 10.2 Å². The molecule has 0 aromatic heterocycles. The molecule has 4 amide bonds. The molecule has 0 spiro atoms. The Kier molecular flexibility index (Phi) is 3.52. The molecule has 2 rings (SSSR count). The smallest absolute Gasteiger partial charge is 0.327 e. The molecule has 0 saturated carbocycles. The quantitative estimate of drug-likeness (QED) is 0.763. The van der Waals surface area contributed by atoms with E-state index in [0.29, 0.717) is 13.0 Å². The number of amides is 4. The Morgan fingerprint density at radius 1 is 1.42 bits per heavy atom. The zero-order valence-corrected chi connectivity index (χ0v) is 11.7. The Morgan fingerprint density at radius 3 is 2.68 bits per heavy atom. The second kappa shape index (κ2) is 4.83. The van der Waals surface area contributed by atoms with Crippen LogP contribution in [0.5, 0.6) is 0 Å². The minimum atomic E-state index is -0.334. The molecular weight excluding hydrogens is 246 g/mol. The van der Waals surface area contributed by atoms with Gasteiger partial charge in [0.15, 0.2) is 0 Å². The highest BCUT2D eigenvalue weighted by Crippen LogP contribution is 2.27. The van der Waals surface area contributed by atoms with Crippen LogP contribution in [0.4, 0.5) is 4.79 Å². The van der Waals surface area contributed by atoms with E-state index < -0.39 is 0 Å². The van der Waals surface area contributed by atoms with E-state index in [-0.39, 0.29) is 36.0 Å². The lowest BCUT2D eigenvalue weighted by Crippen LogP contribution is -2.49. The Bertz CT molecular complexity index is 397. The largest absolute Gasteiger partial charge is 0.350 e. The van der Waals surface area contributed by atoms with E-state index in [9.17, 15) is 14.4 Å². The van der Waals surface area contributed by atoms with Crippen molar-refractivity contribution in [3.63, 3.8) is 0 Å². The van der Waals surface area contributed by atoms with Gasteiger partial charge in [0.05, 0.1) is 0 Å². The van der Waals surface area contributed by atoms with Crippen LogP contribution in [-0.2, 0) is 9.59 Å². The first-order chi connectivity index (χ1) is 8.85. The van der Waals surface area contributed by atoms with Crippen LogP contribution < -0.4 is 5.32 Å². The van der Waals surface area contributed by atoms with Gasteiger partial charge in [0.25, 0.3) is 5.91 Å². The average molecular weight is 267 g/mol. The number of rotatable bonds is 4. The van der Waals surface area contributed by atoms with Crippen LogP contribution in [0.2, 0.25) is 0 Å². The molecule has 0 aromatic rings. The topological polar surface area (TPSA) is 69.7 Å². The molecular formula is C13H21N3O3. The van der Waals surface area contributed by atoms with E-state index in [4.69, 9.17) is 0 Å². The highest BCUT2D eigenvalue weighted by molar-refractivity contribution is 6.06. The molecule has 1 N–H and O–H groups in total. The summed E-state index contributed by atoms with van der Waals surface area (Å²) in [5.41, 5.74) is -0.320. The highest BCUT2D eigenvalue weighted by Gasteiger charge is 2.47. The lowest BCUT2D eigenvalue weighted by atomic mass is 10.0. The molecule has 0 aliphatic carbocycles. The summed E-state index contributed by atoms with van der Waals surface area (Å²) in [6, 6.07) is -0.656. The summed E-state index contributed by atoms with van der Waals surface area (Å²) in [7, 11) is 0. The fraction of sp³-hybridized carbons (Fsp3) is 0.769. The summed E-state index contributed by atoms with van der Waals surface area (Å²) in [6.45, 7) is 6.25. The van der Waals surface area contributed by atoms with E-state index in [1.807, 2.05) is 20.8 Å². The van der Waals surface area contributed by atoms with Gasteiger partial charge in [-0.25, -0.2) is 4.79 Å². The molecule has 2 saturated heterocycles. The molecule has 2 fully saturated rings. The first kappa shape index (κ1) is 13.8. The van der Waals surface area contributed by atoms with Crippen molar-refractivity contribution in [1.82, 2.24) is 15.1 Å². The summed E-state index contributed by atoms with van der Waals surface area (Å²) < 4.78 is 0. The minimum Gasteiger partial charge on any atom is -0.350 e. The summed E-state index contributed by atoms with van der Waals surface area (Å²) in [4.78, 5) is 38.6. The third-order valence-corrected chi connectivity index (χ3v) is 3.94. The second-order valence-electron chi connectivity index (χ2n) is 5.84. The summed E-state index contributed by atoms with van der Waals surface area (Å²) in [5, 5.41) is 2.84. The zero-order chi connectivity index (χ0) is 14.2. The molecule has 106 valence electrons. The lowest BCUT2D eigenvalue weighted by molar-refractivity contribution is -0.133. The van der Waals surface area contributed by atoms with Crippen LogP contribution in [0, 0.1) is 0 Å². The van der Waals surface area contributed by atoms with Gasteiger partial charge in [-0.15, -0.1) is 0 Å².